The smallest absolute Gasteiger partial charge is 0.405 e. The third-order valence-corrected chi connectivity index (χ3v) is 4.91. The van der Waals surface area contributed by atoms with Crippen molar-refractivity contribution in [2.75, 3.05) is 13.9 Å². The Morgan fingerprint density at radius 1 is 1.10 bits per heavy atom. The molecule has 0 fully saturated rings. The monoisotopic (exact) mass is 399 g/mol. The minimum atomic E-state index is -0.807. The molecule has 0 aliphatic rings. The van der Waals surface area contributed by atoms with Crippen LogP contribution in [-0.2, 0) is 33.5 Å². The van der Waals surface area contributed by atoms with Crippen molar-refractivity contribution in [2.24, 2.45) is 11.7 Å². The maximum Gasteiger partial charge on any atom is 0.405 e. The van der Waals surface area contributed by atoms with E-state index in [-0.39, 0.29) is 12.7 Å². The summed E-state index contributed by atoms with van der Waals surface area (Å²) < 4.78 is 16.2. The number of methoxy groups -OCH3 is 1. The van der Waals surface area contributed by atoms with E-state index in [0.717, 1.165) is 28.7 Å². The SMILES string of the molecule is COCOc1ccccc1CC(Cc1cccc(CC=O)c1)C(C)(C)OC(N)=O. The minimum absolute atomic E-state index is 0.0752. The molecule has 0 saturated heterocycles. The van der Waals surface area contributed by atoms with Gasteiger partial charge in [-0.3, -0.25) is 0 Å². The molecule has 2 rings (SSSR count). The highest BCUT2D eigenvalue weighted by Gasteiger charge is 2.33. The van der Waals surface area contributed by atoms with Crippen LogP contribution < -0.4 is 10.5 Å². The number of para-hydroxylation sites is 1. The highest BCUT2D eigenvalue weighted by molar-refractivity contribution is 5.65. The molecule has 2 aromatic rings. The van der Waals surface area contributed by atoms with E-state index in [4.69, 9.17) is 19.9 Å². The van der Waals surface area contributed by atoms with E-state index in [1.54, 1.807) is 7.11 Å². The van der Waals surface area contributed by atoms with Crippen molar-refractivity contribution in [1.29, 1.82) is 0 Å². The summed E-state index contributed by atoms with van der Waals surface area (Å²) in [5.74, 6) is 0.651. The van der Waals surface area contributed by atoms with Gasteiger partial charge >= 0.3 is 6.09 Å². The van der Waals surface area contributed by atoms with Gasteiger partial charge in [-0.15, -0.1) is 0 Å². The van der Waals surface area contributed by atoms with Crippen molar-refractivity contribution in [1.82, 2.24) is 0 Å². The lowest BCUT2D eigenvalue weighted by Crippen LogP contribution is -2.40. The van der Waals surface area contributed by atoms with E-state index in [9.17, 15) is 9.59 Å². The van der Waals surface area contributed by atoms with E-state index >= 15 is 0 Å². The molecule has 0 saturated carbocycles. The van der Waals surface area contributed by atoms with Crippen molar-refractivity contribution in [3.8, 4) is 5.75 Å². The summed E-state index contributed by atoms with van der Waals surface area (Å²) in [5, 5.41) is 0. The number of hydrogen-bond donors (Lipinski definition) is 1. The number of hydrogen-bond acceptors (Lipinski definition) is 5. The Kier molecular flexibility index (Phi) is 8.21. The summed E-state index contributed by atoms with van der Waals surface area (Å²) >= 11 is 0. The van der Waals surface area contributed by atoms with Crippen LogP contribution in [0.1, 0.15) is 30.5 Å². The predicted molar refractivity (Wildman–Crippen MR) is 111 cm³/mol. The number of nitrogens with two attached hydrogens (primary N) is 1. The molecule has 1 unspecified atom stereocenters. The van der Waals surface area contributed by atoms with Gasteiger partial charge in [0.1, 0.15) is 17.6 Å². The Morgan fingerprint density at radius 2 is 1.83 bits per heavy atom. The number of amides is 1. The first kappa shape index (κ1) is 22.4. The van der Waals surface area contributed by atoms with E-state index in [1.165, 1.54) is 0 Å². The standard InChI is InChI=1S/C23H29NO5/c1-23(2,29-22(24)26)20(14-18-8-6-7-17(13-18)11-12-25)15-19-9-4-5-10-21(19)28-16-27-3/h4-10,12-13,20H,11,14-16H2,1-3H3,(H2,24,26). The number of ether oxygens (including phenoxy) is 3. The van der Waals surface area contributed by atoms with Gasteiger partial charge in [0.05, 0.1) is 0 Å². The summed E-state index contributed by atoms with van der Waals surface area (Å²) in [5.41, 5.74) is 7.52. The number of carbonyl (C=O) groups is 2. The Hall–Kier alpha value is -2.86. The molecule has 0 bridgehead atoms. The van der Waals surface area contributed by atoms with Crippen molar-refractivity contribution < 1.29 is 23.8 Å². The lowest BCUT2D eigenvalue weighted by molar-refractivity contribution is -0.107. The number of aldehydes is 1. The Bertz CT molecular complexity index is 818. The molecule has 0 radical (unpaired) electrons. The highest BCUT2D eigenvalue weighted by atomic mass is 16.7. The van der Waals surface area contributed by atoms with Crippen LogP contribution in [0.15, 0.2) is 48.5 Å². The van der Waals surface area contributed by atoms with Gasteiger partial charge in [0.15, 0.2) is 6.79 Å². The van der Waals surface area contributed by atoms with Gasteiger partial charge in [-0.2, -0.15) is 0 Å². The largest absolute Gasteiger partial charge is 0.467 e. The van der Waals surface area contributed by atoms with Crippen molar-refractivity contribution in [3.05, 3.63) is 65.2 Å². The molecule has 2 aromatic carbocycles. The zero-order valence-corrected chi connectivity index (χ0v) is 17.2. The molecule has 0 spiro atoms. The minimum Gasteiger partial charge on any atom is -0.467 e. The summed E-state index contributed by atoms with van der Waals surface area (Å²) in [6.45, 7) is 3.86. The third kappa shape index (κ3) is 6.91. The predicted octanol–water partition coefficient (Wildman–Crippen LogP) is 3.69. The topological polar surface area (TPSA) is 87.8 Å². The number of rotatable bonds is 11. The normalized spacial score (nSPS) is 12.2. The summed E-state index contributed by atoms with van der Waals surface area (Å²) in [6, 6.07) is 15.6. The summed E-state index contributed by atoms with van der Waals surface area (Å²) in [7, 11) is 1.57. The first-order valence-electron chi connectivity index (χ1n) is 9.55. The molecule has 0 heterocycles. The number of carbonyl (C=O) groups excluding carboxylic acids is 2. The van der Waals surface area contributed by atoms with E-state index < -0.39 is 11.7 Å². The summed E-state index contributed by atoms with van der Waals surface area (Å²) in [6.07, 6.45) is 1.70. The van der Waals surface area contributed by atoms with Crippen molar-refractivity contribution in [3.63, 3.8) is 0 Å². The van der Waals surface area contributed by atoms with Gasteiger partial charge in [-0.1, -0.05) is 42.5 Å². The molecule has 156 valence electrons. The second-order valence-corrected chi connectivity index (χ2v) is 7.48. The molecule has 6 nitrogen and oxygen atoms in total. The molecule has 0 aliphatic carbocycles. The van der Waals surface area contributed by atoms with Crippen molar-refractivity contribution >= 4 is 12.4 Å². The second-order valence-electron chi connectivity index (χ2n) is 7.48. The van der Waals surface area contributed by atoms with Crippen LogP contribution in [0.2, 0.25) is 0 Å². The fourth-order valence-electron chi connectivity index (χ4n) is 3.37. The Morgan fingerprint density at radius 3 is 2.52 bits per heavy atom. The molecule has 0 aliphatic heterocycles. The molecule has 29 heavy (non-hydrogen) atoms. The fraction of sp³-hybridized carbons (Fsp3) is 0.391. The number of primary amides is 1. The van der Waals surface area contributed by atoms with E-state index in [1.807, 2.05) is 62.4 Å². The average Bonchev–Trinajstić information content (AvgIpc) is 2.66. The number of benzene rings is 2. The van der Waals surface area contributed by atoms with Gasteiger partial charge in [-0.05, 0) is 49.4 Å². The molecule has 6 heteroatoms. The van der Waals surface area contributed by atoms with Crippen LogP contribution in [0.5, 0.6) is 5.75 Å². The van der Waals surface area contributed by atoms with Gasteiger partial charge in [0.2, 0.25) is 0 Å². The van der Waals surface area contributed by atoms with Crippen LogP contribution in [-0.4, -0.2) is 31.9 Å². The van der Waals surface area contributed by atoms with Crippen molar-refractivity contribution in [2.45, 2.75) is 38.7 Å². The molecule has 1 atom stereocenters. The van der Waals surface area contributed by atoms with E-state index in [0.29, 0.717) is 19.3 Å². The van der Waals surface area contributed by atoms with Crippen LogP contribution in [0.25, 0.3) is 0 Å². The second kappa shape index (κ2) is 10.6. The van der Waals surface area contributed by atoms with E-state index in [2.05, 4.69) is 0 Å². The zero-order valence-electron chi connectivity index (χ0n) is 17.2. The maximum atomic E-state index is 11.5. The first-order chi connectivity index (χ1) is 13.9. The molecule has 2 N–H and O–H groups in total. The maximum absolute atomic E-state index is 11.5. The molecule has 1 amide bonds. The first-order valence-corrected chi connectivity index (χ1v) is 9.55. The average molecular weight is 399 g/mol. The molecular formula is C23H29NO5. The zero-order chi connectivity index (χ0) is 21.3. The molecule has 0 aromatic heterocycles. The van der Waals surface area contributed by atoms with Crippen LogP contribution in [0.4, 0.5) is 4.79 Å². The third-order valence-electron chi connectivity index (χ3n) is 4.91. The fourth-order valence-corrected chi connectivity index (χ4v) is 3.37. The Balaban J connectivity index is 2.32. The highest BCUT2D eigenvalue weighted by Crippen LogP contribution is 2.32. The van der Waals surface area contributed by atoms with Gasteiger partial charge in [0.25, 0.3) is 0 Å². The quantitative estimate of drug-likeness (QED) is 0.460. The lowest BCUT2D eigenvalue weighted by atomic mass is 9.80. The van der Waals surface area contributed by atoms with Gasteiger partial charge in [0, 0.05) is 19.4 Å². The van der Waals surface area contributed by atoms with Gasteiger partial charge < -0.3 is 24.7 Å². The van der Waals surface area contributed by atoms with Crippen LogP contribution >= 0.6 is 0 Å². The lowest BCUT2D eigenvalue weighted by Gasteiger charge is -2.34. The van der Waals surface area contributed by atoms with Gasteiger partial charge in [-0.25, -0.2) is 4.79 Å². The van der Waals surface area contributed by atoms with Crippen LogP contribution in [0.3, 0.4) is 0 Å². The Labute approximate surface area is 172 Å². The van der Waals surface area contributed by atoms with Crippen LogP contribution in [0, 0.1) is 5.92 Å². The summed E-state index contributed by atoms with van der Waals surface area (Å²) in [4.78, 5) is 22.3. The molecular weight excluding hydrogens is 370 g/mol.